The zero-order chi connectivity index (χ0) is 22.1. The first-order valence-electron chi connectivity index (χ1n) is 11.2. The lowest BCUT2D eigenvalue weighted by molar-refractivity contribution is 0.0225. The van der Waals surface area contributed by atoms with Gasteiger partial charge in [0.05, 0.1) is 0 Å². The molecule has 3 aromatic rings. The van der Waals surface area contributed by atoms with Gasteiger partial charge in [0.15, 0.2) is 0 Å². The Bertz CT molecular complexity index is 1110. The van der Waals surface area contributed by atoms with Gasteiger partial charge in [-0.15, -0.1) is 0 Å². The quantitative estimate of drug-likeness (QED) is 0.664. The molecule has 6 heteroatoms. The van der Waals surface area contributed by atoms with Crippen LogP contribution in [-0.2, 0) is 0 Å². The molecule has 0 unspecified atom stereocenters. The Morgan fingerprint density at radius 3 is 2.22 bits per heavy atom. The highest BCUT2D eigenvalue weighted by Crippen LogP contribution is 2.33. The van der Waals surface area contributed by atoms with Gasteiger partial charge in [0.2, 0.25) is 0 Å². The first-order valence-corrected chi connectivity index (χ1v) is 11.2. The minimum absolute atomic E-state index is 0.0267. The highest BCUT2D eigenvalue weighted by molar-refractivity contribution is 5.95. The third-order valence-corrected chi connectivity index (χ3v) is 6.79. The average Bonchev–Trinajstić information content (AvgIpc) is 3.33. The predicted octanol–water partition coefficient (Wildman–Crippen LogP) is 4.45. The molecule has 1 aromatic heterocycles. The number of amides is 2. The molecule has 1 N–H and O–H groups in total. The number of rotatable bonds is 4. The van der Waals surface area contributed by atoms with Crippen molar-refractivity contribution >= 4 is 11.8 Å². The fraction of sp³-hybridized carbons (Fsp3) is 0.308. The number of carbonyl (C=O) groups is 2. The molecule has 2 aromatic carbocycles. The summed E-state index contributed by atoms with van der Waals surface area (Å²) in [5.74, 6) is 0.870. The third-order valence-electron chi connectivity index (χ3n) is 6.79. The standard InChI is InChI=1S/C26H26FN3O2/c27-23-7-2-5-20(15-23)19-4-1-6-21(14-19)25(31)29-12-9-18(10-13-29)22-16-30(17-22)26(32)24-8-3-11-28-24/h1-8,11,14-15,18,22,28H,9-10,12-13,16-17H2. The van der Waals surface area contributed by atoms with Gasteiger partial charge in [-0.2, -0.15) is 0 Å². The Kier molecular flexibility index (Phi) is 5.52. The van der Waals surface area contributed by atoms with E-state index < -0.39 is 0 Å². The summed E-state index contributed by atoms with van der Waals surface area (Å²) in [6, 6.07) is 17.5. The van der Waals surface area contributed by atoms with E-state index in [0.29, 0.717) is 23.1 Å². The van der Waals surface area contributed by atoms with Crippen LogP contribution in [0.1, 0.15) is 33.7 Å². The summed E-state index contributed by atoms with van der Waals surface area (Å²) < 4.78 is 13.6. The van der Waals surface area contributed by atoms with Crippen LogP contribution in [0.4, 0.5) is 4.39 Å². The molecule has 2 aliphatic rings. The van der Waals surface area contributed by atoms with Gasteiger partial charge in [0.1, 0.15) is 11.5 Å². The molecule has 2 fully saturated rings. The second-order valence-corrected chi connectivity index (χ2v) is 8.77. The first-order chi connectivity index (χ1) is 15.6. The largest absolute Gasteiger partial charge is 0.357 e. The van der Waals surface area contributed by atoms with Crippen molar-refractivity contribution in [3.63, 3.8) is 0 Å². The van der Waals surface area contributed by atoms with E-state index in [-0.39, 0.29) is 17.6 Å². The van der Waals surface area contributed by atoms with E-state index in [1.807, 2.05) is 52.3 Å². The number of carbonyl (C=O) groups excluding carboxylic acids is 2. The maximum atomic E-state index is 13.6. The van der Waals surface area contributed by atoms with E-state index >= 15 is 0 Å². The zero-order valence-electron chi connectivity index (χ0n) is 17.8. The summed E-state index contributed by atoms with van der Waals surface area (Å²) >= 11 is 0. The summed E-state index contributed by atoms with van der Waals surface area (Å²) in [6.45, 7) is 3.06. The Morgan fingerprint density at radius 2 is 1.53 bits per heavy atom. The van der Waals surface area contributed by atoms with Crippen molar-refractivity contribution in [2.45, 2.75) is 12.8 Å². The van der Waals surface area contributed by atoms with Crippen molar-refractivity contribution < 1.29 is 14.0 Å². The van der Waals surface area contributed by atoms with Crippen LogP contribution in [0.25, 0.3) is 11.1 Å². The summed E-state index contributed by atoms with van der Waals surface area (Å²) in [7, 11) is 0. The van der Waals surface area contributed by atoms with E-state index in [1.54, 1.807) is 12.3 Å². The molecule has 32 heavy (non-hydrogen) atoms. The van der Waals surface area contributed by atoms with Crippen molar-refractivity contribution in [3.05, 3.63) is 83.9 Å². The van der Waals surface area contributed by atoms with Gasteiger partial charge in [-0.1, -0.05) is 24.3 Å². The van der Waals surface area contributed by atoms with Gasteiger partial charge in [-0.05, 0) is 72.2 Å². The van der Waals surface area contributed by atoms with Crippen LogP contribution in [0.15, 0.2) is 66.9 Å². The summed E-state index contributed by atoms with van der Waals surface area (Å²) in [5, 5.41) is 0. The maximum Gasteiger partial charge on any atom is 0.270 e. The molecule has 0 spiro atoms. The van der Waals surface area contributed by atoms with Crippen molar-refractivity contribution in [2.24, 2.45) is 11.8 Å². The SMILES string of the molecule is O=C(c1cccc(-c2cccc(F)c2)c1)N1CCC(C2CN(C(=O)c3ccc[nH]3)C2)CC1. The van der Waals surface area contributed by atoms with Crippen LogP contribution < -0.4 is 0 Å². The molecular weight excluding hydrogens is 405 g/mol. The van der Waals surface area contributed by atoms with Crippen LogP contribution in [0, 0.1) is 17.7 Å². The van der Waals surface area contributed by atoms with Crippen molar-refractivity contribution in [2.75, 3.05) is 26.2 Å². The number of aromatic nitrogens is 1. The highest BCUT2D eigenvalue weighted by Gasteiger charge is 2.38. The number of likely N-dealkylation sites (tertiary alicyclic amines) is 2. The molecule has 0 bridgehead atoms. The van der Waals surface area contributed by atoms with E-state index in [0.717, 1.165) is 50.1 Å². The minimum atomic E-state index is -0.287. The molecule has 5 rings (SSSR count). The Hall–Kier alpha value is -3.41. The molecular formula is C26H26FN3O2. The number of hydrogen-bond donors (Lipinski definition) is 1. The van der Waals surface area contributed by atoms with Crippen molar-refractivity contribution in [1.82, 2.24) is 14.8 Å². The van der Waals surface area contributed by atoms with Crippen LogP contribution in [0.2, 0.25) is 0 Å². The average molecular weight is 432 g/mol. The first kappa shape index (κ1) is 20.5. The van der Waals surface area contributed by atoms with Gasteiger partial charge in [-0.25, -0.2) is 4.39 Å². The Morgan fingerprint density at radius 1 is 0.812 bits per heavy atom. The number of hydrogen-bond acceptors (Lipinski definition) is 2. The Balaban J connectivity index is 1.16. The van der Waals surface area contributed by atoms with Gasteiger partial charge in [-0.3, -0.25) is 9.59 Å². The molecule has 2 aliphatic heterocycles. The highest BCUT2D eigenvalue weighted by atomic mass is 19.1. The smallest absolute Gasteiger partial charge is 0.270 e. The van der Waals surface area contributed by atoms with Crippen LogP contribution in [0.3, 0.4) is 0 Å². The normalized spacial score (nSPS) is 17.3. The molecule has 0 saturated carbocycles. The predicted molar refractivity (Wildman–Crippen MR) is 121 cm³/mol. The van der Waals surface area contributed by atoms with E-state index in [2.05, 4.69) is 4.98 Å². The molecule has 3 heterocycles. The maximum absolute atomic E-state index is 13.6. The van der Waals surface area contributed by atoms with Crippen molar-refractivity contribution in [1.29, 1.82) is 0 Å². The second kappa shape index (κ2) is 8.61. The lowest BCUT2D eigenvalue weighted by atomic mass is 9.79. The number of halogens is 1. The summed E-state index contributed by atoms with van der Waals surface area (Å²) in [4.78, 5) is 32.3. The summed E-state index contributed by atoms with van der Waals surface area (Å²) in [6.07, 6.45) is 3.69. The van der Waals surface area contributed by atoms with E-state index in [9.17, 15) is 14.0 Å². The summed E-state index contributed by atoms with van der Waals surface area (Å²) in [5.41, 5.74) is 2.88. The molecule has 0 atom stereocenters. The second-order valence-electron chi connectivity index (χ2n) is 8.77. The minimum Gasteiger partial charge on any atom is -0.357 e. The van der Waals surface area contributed by atoms with Gasteiger partial charge >= 0.3 is 0 Å². The number of nitrogens with one attached hydrogen (secondary N) is 1. The monoisotopic (exact) mass is 431 g/mol. The lowest BCUT2D eigenvalue weighted by Gasteiger charge is -2.46. The molecule has 0 aliphatic carbocycles. The number of nitrogens with zero attached hydrogens (tertiary/aromatic N) is 2. The molecule has 2 amide bonds. The van der Waals surface area contributed by atoms with Crippen LogP contribution in [0.5, 0.6) is 0 Å². The fourth-order valence-corrected chi connectivity index (χ4v) is 4.87. The number of aromatic amines is 1. The van der Waals surface area contributed by atoms with E-state index in [4.69, 9.17) is 0 Å². The van der Waals surface area contributed by atoms with Gasteiger partial charge in [0.25, 0.3) is 11.8 Å². The van der Waals surface area contributed by atoms with Crippen molar-refractivity contribution in [3.8, 4) is 11.1 Å². The zero-order valence-corrected chi connectivity index (χ0v) is 17.8. The van der Waals surface area contributed by atoms with Crippen LogP contribution >= 0.6 is 0 Å². The van der Waals surface area contributed by atoms with E-state index in [1.165, 1.54) is 12.1 Å². The van der Waals surface area contributed by atoms with Gasteiger partial charge in [0, 0.05) is 37.9 Å². The topological polar surface area (TPSA) is 56.4 Å². The molecule has 164 valence electrons. The third kappa shape index (κ3) is 4.05. The molecule has 5 nitrogen and oxygen atoms in total. The van der Waals surface area contributed by atoms with Crippen LogP contribution in [-0.4, -0.2) is 52.8 Å². The number of benzene rings is 2. The molecule has 2 saturated heterocycles. The Labute approximate surface area is 186 Å². The number of H-pyrrole nitrogens is 1. The fourth-order valence-electron chi connectivity index (χ4n) is 4.87. The van der Waals surface area contributed by atoms with Gasteiger partial charge < -0.3 is 14.8 Å². The molecule has 0 radical (unpaired) electrons. The lowest BCUT2D eigenvalue weighted by Crippen LogP contribution is -2.54. The number of piperidine rings is 1.